The molecule has 350 valence electrons. The zero-order valence-corrected chi connectivity index (χ0v) is 40.0. The van der Waals surface area contributed by atoms with Gasteiger partial charge in [-0.1, -0.05) is 59.6 Å². The molecule has 2 saturated heterocycles. The molecular weight excluding hydrogens is 924 g/mol. The highest BCUT2D eigenvalue weighted by atomic mass is 35.5. The van der Waals surface area contributed by atoms with Crippen LogP contribution in [-0.4, -0.2) is 103 Å². The van der Waals surface area contributed by atoms with Gasteiger partial charge in [0.05, 0.1) is 23.6 Å². The topological polar surface area (TPSA) is 224 Å². The van der Waals surface area contributed by atoms with Crippen LogP contribution in [0.15, 0.2) is 97.3 Å². The van der Waals surface area contributed by atoms with E-state index in [1.807, 2.05) is 27.7 Å². The number of hydrogen-bond donors (Lipinski definition) is 8. The molecule has 2 aromatic carbocycles. The Morgan fingerprint density at radius 1 is 0.576 bits per heavy atom. The molecule has 2 aliphatic heterocycles. The van der Waals surface area contributed by atoms with E-state index in [0.29, 0.717) is 21.4 Å². The minimum absolute atomic E-state index is 0.0462. The molecule has 6 atom stereocenters. The van der Waals surface area contributed by atoms with Crippen LogP contribution in [0.25, 0.3) is 0 Å². The van der Waals surface area contributed by atoms with Gasteiger partial charge in [0.1, 0.15) is 24.2 Å². The molecule has 4 aromatic rings. The maximum atomic E-state index is 13.8. The maximum absolute atomic E-state index is 13.8. The van der Waals surface area contributed by atoms with Crippen molar-refractivity contribution in [2.75, 3.05) is 13.1 Å². The Hall–Kier alpha value is -5.24. The van der Waals surface area contributed by atoms with Crippen LogP contribution < -0.4 is 42.5 Å². The molecule has 0 spiro atoms. The number of hydrogen-bond acceptors (Lipinski definition) is 12. The Bertz CT molecular complexity index is 2170. The summed E-state index contributed by atoms with van der Waals surface area (Å²) in [5.74, 6) is -2.41. The molecule has 6 amide bonds. The van der Waals surface area contributed by atoms with Crippen molar-refractivity contribution in [3.8, 4) is 0 Å². The standard InChI is InChI=1S/C46H54Cl2N10O6S2/c1-45(2)37(57-43(65-45)35(55-33(59)23-31-9-5-7-19-49-31)39(61)53-25-27-11-15-29(47)16-12-27)41(63)51-21-22-52-42(64)38-46(3,4)66-44(58-38)36(56-34(60)24-32-10-6-8-20-50-32)40(62)54-26-28-13-17-30(48)18-14-28/h5-20,35-38,43-44,57-58H,21-26H2,1-4H3,(H,51,63)(H,52,64)(H,53,61)(H,54,62)(H,55,59)(H,56,60)/t35-,36-,37+,38+,43-,44-/m1/s1. The van der Waals surface area contributed by atoms with Gasteiger partial charge in [-0.2, -0.15) is 0 Å². The lowest BCUT2D eigenvalue weighted by molar-refractivity contribution is -0.129. The number of halogens is 2. The lowest BCUT2D eigenvalue weighted by Gasteiger charge is -2.25. The van der Waals surface area contributed by atoms with E-state index < -0.39 is 68.0 Å². The van der Waals surface area contributed by atoms with Crippen LogP contribution >= 0.6 is 46.7 Å². The number of carbonyl (C=O) groups is 6. The minimum atomic E-state index is -1.05. The Morgan fingerprint density at radius 2 is 0.955 bits per heavy atom. The average molecular weight is 978 g/mol. The van der Waals surface area contributed by atoms with E-state index in [4.69, 9.17) is 23.2 Å². The summed E-state index contributed by atoms with van der Waals surface area (Å²) in [6, 6.07) is 20.9. The Kier molecular flexibility index (Phi) is 17.5. The van der Waals surface area contributed by atoms with Crippen molar-refractivity contribution in [3.05, 3.63) is 130 Å². The van der Waals surface area contributed by atoms with Gasteiger partial charge >= 0.3 is 0 Å². The number of nitrogens with one attached hydrogen (secondary N) is 8. The van der Waals surface area contributed by atoms with E-state index in [1.165, 1.54) is 23.5 Å². The van der Waals surface area contributed by atoms with Crippen molar-refractivity contribution in [1.29, 1.82) is 0 Å². The summed E-state index contributed by atoms with van der Waals surface area (Å²) < 4.78 is -1.43. The summed E-state index contributed by atoms with van der Waals surface area (Å²) in [6.07, 6.45) is 3.08. The lowest BCUT2D eigenvalue weighted by atomic mass is 10.0. The van der Waals surface area contributed by atoms with Crippen molar-refractivity contribution < 1.29 is 28.8 Å². The number of thioether (sulfide) groups is 2. The summed E-state index contributed by atoms with van der Waals surface area (Å²) in [7, 11) is 0. The van der Waals surface area contributed by atoms with Crippen LogP contribution in [0, 0.1) is 0 Å². The zero-order chi connectivity index (χ0) is 47.4. The van der Waals surface area contributed by atoms with Crippen molar-refractivity contribution in [2.24, 2.45) is 0 Å². The second-order valence-electron chi connectivity index (χ2n) is 16.8. The Labute approximate surface area is 402 Å². The van der Waals surface area contributed by atoms with Gasteiger partial charge in [-0.3, -0.25) is 49.4 Å². The largest absolute Gasteiger partial charge is 0.353 e. The van der Waals surface area contributed by atoms with Gasteiger partial charge < -0.3 is 31.9 Å². The number of nitrogens with zero attached hydrogens (tertiary/aromatic N) is 2. The predicted molar refractivity (Wildman–Crippen MR) is 257 cm³/mol. The fraction of sp³-hybridized carbons (Fsp3) is 0.391. The first-order chi connectivity index (χ1) is 31.5. The highest BCUT2D eigenvalue weighted by Gasteiger charge is 2.50. The van der Waals surface area contributed by atoms with Gasteiger partial charge in [-0.15, -0.1) is 23.5 Å². The molecule has 6 rings (SSSR count). The van der Waals surface area contributed by atoms with E-state index in [1.54, 1.807) is 97.3 Å². The molecular formula is C46H54Cl2N10O6S2. The minimum Gasteiger partial charge on any atom is -0.353 e. The lowest BCUT2D eigenvalue weighted by Crippen LogP contribution is -2.59. The summed E-state index contributed by atoms with van der Waals surface area (Å²) in [5, 5.41) is 23.7. The number of rotatable bonds is 19. The highest BCUT2D eigenvalue weighted by molar-refractivity contribution is 8.01. The van der Waals surface area contributed by atoms with Crippen molar-refractivity contribution in [3.63, 3.8) is 0 Å². The normalized spacial score (nSPS) is 20.3. The van der Waals surface area contributed by atoms with Crippen molar-refractivity contribution in [1.82, 2.24) is 52.5 Å². The number of benzene rings is 2. The van der Waals surface area contributed by atoms with E-state index >= 15 is 0 Å². The zero-order valence-electron chi connectivity index (χ0n) is 36.9. The number of aromatic nitrogens is 2. The third kappa shape index (κ3) is 14.1. The van der Waals surface area contributed by atoms with Crippen LogP contribution in [-0.2, 0) is 54.7 Å². The molecule has 2 aliphatic rings. The first-order valence-electron chi connectivity index (χ1n) is 21.3. The molecule has 0 aliphatic carbocycles. The summed E-state index contributed by atoms with van der Waals surface area (Å²) in [4.78, 5) is 90.0. The predicted octanol–water partition coefficient (Wildman–Crippen LogP) is 3.02. The van der Waals surface area contributed by atoms with E-state index in [0.717, 1.165) is 11.1 Å². The monoisotopic (exact) mass is 976 g/mol. The first-order valence-corrected chi connectivity index (χ1v) is 23.8. The van der Waals surface area contributed by atoms with E-state index in [2.05, 4.69) is 52.5 Å². The van der Waals surface area contributed by atoms with Gasteiger partial charge in [-0.25, -0.2) is 0 Å². The molecule has 8 N–H and O–H groups in total. The molecule has 0 saturated carbocycles. The highest BCUT2D eigenvalue weighted by Crippen LogP contribution is 2.40. The summed E-state index contributed by atoms with van der Waals surface area (Å²) >= 11 is 14.8. The molecule has 0 unspecified atom stereocenters. The fourth-order valence-electron chi connectivity index (χ4n) is 7.42. The fourth-order valence-corrected chi connectivity index (χ4v) is 10.7. The molecule has 4 heterocycles. The van der Waals surface area contributed by atoms with E-state index in [9.17, 15) is 28.8 Å². The van der Waals surface area contributed by atoms with Gasteiger partial charge in [0, 0.05) is 69.5 Å². The number of pyridine rings is 2. The molecule has 2 aromatic heterocycles. The molecule has 2 fully saturated rings. The van der Waals surface area contributed by atoms with Crippen LogP contribution in [0.1, 0.15) is 50.2 Å². The Balaban J connectivity index is 1.04. The SMILES string of the molecule is CC1(C)S[C@H]([C@H](NC(=O)Cc2ccccn2)C(=O)NCc2ccc(Cl)cc2)N[C@H]1C(=O)NCCNC(=O)[C@@H]1N[C@@H]([C@H](NC(=O)Cc2ccccn2)C(=O)NCc2ccc(Cl)cc2)SC1(C)C. The smallest absolute Gasteiger partial charge is 0.245 e. The molecule has 20 heteroatoms. The van der Waals surface area contributed by atoms with Crippen molar-refractivity contribution in [2.45, 2.75) is 98.0 Å². The summed E-state index contributed by atoms with van der Waals surface area (Å²) in [6.45, 7) is 8.07. The van der Waals surface area contributed by atoms with Gasteiger partial charge in [-0.05, 0) is 87.4 Å². The van der Waals surface area contributed by atoms with Gasteiger partial charge in [0.2, 0.25) is 35.4 Å². The third-order valence-electron chi connectivity index (χ3n) is 10.9. The van der Waals surface area contributed by atoms with Crippen LogP contribution in [0.2, 0.25) is 10.0 Å². The van der Waals surface area contributed by atoms with E-state index in [-0.39, 0.29) is 50.8 Å². The third-order valence-corrected chi connectivity index (χ3v) is 14.4. The quantitative estimate of drug-likeness (QED) is 0.0636. The molecule has 0 bridgehead atoms. The van der Waals surface area contributed by atoms with Crippen LogP contribution in [0.3, 0.4) is 0 Å². The average Bonchev–Trinajstić information content (AvgIpc) is 3.79. The summed E-state index contributed by atoms with van der Waals surface area (Å²) in [5.41, 5.74) is 2.70. The Morgan fingerprint density at radius 3 is 1.30 bits per heavy atom. The first kappa shape index (κ1) is 50.2. The van der Waals surface area contributed by atoms with Gasteiger partial charge in [0.25, 0.3) is 0 Å². The van der Waals surface area contributed by atoms with Crippen molar-refractivity contribution >= 4 is 82.2 Å². The molecule has 16 nitrogen and oxygen atoms in total. The number of amides is 6. The maximum Gasteiger partial charge on any atom is 0.245 e. The van der Waals surface area contributed by atoms with Crippen LogP contribution in [0.4, 0.5) is 0 Å². The van der Waals surface area contributed by atoms with Crippen LogP contribution in [0.5, 0.6) is 0 Å². The second kappa shape index (κ2) is 23.0. The molecule has 0 radical (unpaired) electrons. The molecule has 66 heavy (non-hydrogen) atoms. The second-order valence-corrected chi connectivity index (χ2v) is 21.3. The van der Waals surface area contributed by atoms with Gasteiger partial charge in [0.15, 0.2) is 0 Å². The number of carbonyl (C=O) groups excluding carboxylic acids is 6.